The van der Waals surface area contributed by atoms with Crippen LogP contribution >= 0.6 is 15.9 Å². The Hall–Kier alpha value is -1.39. The number of rotatable bonds is 5. The Morgan fingerprint density at radius 2 is 2.10 bits per heavy atom. The van der Waals surface area contributed by atoms with Crippen molar-refractivity contribution in [1.82, 2.24) is 4.98 Å². The molecule has 1 aromatic carbocycles. The molecule has 2 aromatic rings. The fraction of sp³-hybridized carbons (Fsp3) is 0.353. The molecule has 3 nitrogen and oxygen atoms in total. The van der Waals surface area contributed by atoms with E-state index < -0.39 is 0 Å². The Labute approximate surface area is 133 Å². The van der Waals surface area contributed by atoms with Crippen molar-refractivity contribution in [3.8, 4) is 5.75 Å². The zero-order valence-corrected chi connectivity index (χ0v) is 13.3. The van der Waals surface area contributed by atoms with Gasteiger partial charge in [-0.05, 0) is 53.8 Å². The molecule has 1 aliphatic rings. The molecule has 0 bridgehead atoms. The van der Waals surface area contributed by atoms with Crippen LogP contribution < -0.4 is 4.74 Å². The lowest BCUT2D eigenvalue weighted by Crippen LogP contribution is -2.12. The summed E-state index contributed by atoms with van der Waals surface area (Å²) in [5.41, 5.74) is 3.54. The number of aliphatic hydroxyl groups excluding tert-OH is 1. The summed E-state index contributed by atoms with van der Waals surface area (Å²) in [7, 11) is 0. The summed E-state index contributed by atoms with van der Waals surface area (Å²) >= 11 is 3.54. The second-order valence-corrected chi connectivity index (χ2v) is 6.32. The molecule has 0 fully saturated rings. The van der Waals surface area contributed by atoms with Gasteiger partial charge in [0.05, 0.1) is 12.7 Å². The van der Waals surface area contributed by atoms with Gasteiger partial charge in [-0.1, -0.05) is 15.9 Å². The van der Waals surface area contributed by atoms with E-state index in [0.717, 1.165) is 41.7 Å². The number of nitrogens with zero attached hydrogens (tertiary/aromatic N) is 1. The molecule has 0 aliphatic carbocycles. The highest BCUT2D eigenvalue weighted by Crippen LogP contribution is 2.34. The van der Waals surface area contributed by atoms with Crippen molar-refractivity contribution in [2.45, 2.75) is 31.8 Å². The van der Waals surface area contributed by atoms with Crippen LogP contribution in [0.15, 0.2) is 41.1 Å². The van der Waals surface area contributed by atoms with E-state index in [2.05, 4.69) is 33.0 Å². The number of aryl methyl sites for hydroxylation is 1. The highest BCUT2D eigenvalue weighted by Gasteiger charge is 2.19. The Balaban J connectivity index is 1.64. The van der Waals surface area contributed by atoms with Gasteiger partial charge in [0.1, 0.15) is 5.75 Å². The van der Waals surface area contributed by atoms with Gasteiger partial charge in [0.2, 0.25) is 0 Å². The standard InChI is InChI=1S/C17H18BrNO2/c18-15-9-13-5-8-21-17(13)14(10-15)11-16(20)2-1-12-3-6-19-7-4-12/h3-4,6-7,9-10,16,20H,1-2,5,8,11H2. The molecule has 4 heteroatoms. The van der Waals surface area contributed by atoms with Crippen molar-refractivity contribution in [3.63, 3.8) is 0 Å². The van der Waals surface area contributed by atoms with Crippen molar-refractivity contribution in [3.05, 3.63) is 57.8 Å². The van der Waals surface area contributed by atoms with Gasteiger partial charge in [0.25, 0.3) is 0 Å². The molecule has 0 spiro atoms. The smallest absolute Gasteiger partial charge is 0.125 e. The van der Waals surface area contributed by atoms with Crippen LogP contribution in [-0.4, -0.2) is 22.8 Å². The number of aromatic nitrogens is 1. The summed E-state index contributed by atoms with van der Waals surface area (Å²) in [5.74, 6) is 0.973. The summed E-state index contributed by atoms with van der Waals surface area (Å²) in [6, 6.07) is 8.15. The molecule has 0 amide bonds. The van der Waals surface area contributed by atoms with Crippen LogP contribution in [0.3, 0.4) is 0 Å². The molecule has 1 unspecified atom stereocenters. The van der Waals surface area contributed by atoms with Crippen molar-refractivity contribution < 1.29 is 9.84 Å². The monoisotopic (exact) mass is 347 g/mol. The van der Waals surface area contributed by atoms with E-state index in [1.54, 1.807) is 12.4 Å². The highest BCUT2D eigenvalue weighted by atomic mass is 79.9. The molecule has 1 N–H and O–H groups in total. The molecule has 3 rings (SSSR count). The van der Waals surface area contributed by atoms with Crippen LogP contribution in [-0.2, 0) is 19.3 Å². The zero-order chi connectivity index (χ0) is 14.7. The number of ether oxygens (including phenoxy) is 1. The first kappa shape index (κ1) is 14.5. The van der Waals surface area contributed by atoms with Crippen LogP contribution in [0.4, 0.5) is 0 Å². The summed E-state index contributed by atoms with van der Waals surface area (Å²) in [5, 5.41) is 10.3. The van der Waals surface area contributed by atoms with E-state index >= 15 is 0 Å². The molecule has 2 heterocycles. The molecule has 21 heavy (non-hydrogen) atoms. The lowest BCUT2D eigenvalue weighted by molar-refractivity contribution is 0.164. The Bertz CT molecular complexity index is 616. The fourth-order valence-electron chi connectivity index (χ4n) is 2.74. The van der Waals surface area contributed by atoms with Gasteiger partial charge in [0.15, 0.2) is 0 Å². The Morgan fingerprint density at radius 3 is 2.90 bits per heavy atom. The molecule has 0 radical (unpaired) electrons. The maximum absolute atomic E-state index is 10.3. The van der Waals surface area contributed by atoms with Crippen molar-refractivity contribution in [2.75, 3.05) is 6.61 Å². The lowest BCUT2D eigenvalue weighted by Gasteiger charge is -2.14. The highest BCUT2D eigenvalue weighted by molar-refractivity contribution is 9.10. The second-order valence-electron chi connectivity index (χ2n) is 5.40. The average molecular weight is 348 g/mol. The third kappa shape index (κ3) is 3.63. The molecule has 0 saturated carbocycles. The maximum Gasteiger partial charge on any atom is 0.125 e. The van der Waals surface area contributed by atoms with Crippen LogP contribution in [0.5, 0.6) is 5.75 Å². The van der Waals surface area contributed by atoms with E-state index in [1.165, 1.54) is 11.1 Å². The SMILES string of the molecule is OC(CCc1ccncc1)Cc1cc(Br)cc2c1OCC2. The Kier molecular flexibility index (Phi) is 4.56. The van der Waals surface area contributed by atoms with E-state index in [1.807, 2.05) is 12.1 Å². The van der Waals surface area contributed by atoms with E-state index in [0.29, 0.717) is 6.42 Å². The van der Waals surface area contributed by atoms with Crippen LogP contribution in [0.1, 0.15) is 23.1 Å². The molecule has 1 aliphatic heterocycles. The van der Waals surface area contributed by atoms with Gasteiger partial charge >= 0.3 is 0 Å². The van der Waals surface area contributed by atoms with Crippen molar-refractivity contribution in [2.24, 2.45) is 0 Å². The van der Waals surface area contributed by atoms with E-state index in [4.69, 9.17) is 4.74 Å². The van der Waals surface area contributed by atoms with Gasteiger partial charge in [-0.25, -0.2) is 0 Å². The average Bonchev–Trinajstić information content (AvgIpc) is 2.94. The molecule has 1 atom stereocenters. The largest absolute Gasteiger partial charge is 0.493 e. The van der Waals surface area contributed by atoms with Crippen molar-refractivity contribution >= 4 is 15.9 Å². The molecular weight excluding hydrogens is 330 g/mol. The van der Waals surface area contributed by atoms with E-state index in [9.17, 15) is 5.11 Å². The predicted molar refractivity (Wildman–Crippen MR) is 85.6 cm³/mol. The van der Waals surface area contributed by atoms with Crippen LogP contribution in [0, 0.1) is 0 Å². The maximum atomic E-state index is 10.3. The first-order valence-electron chi connectivity index (χ1n) is 7.23. The quantitative estimate of drug-likeness (QED) is 0.902. The topological polar surface area (TPSA) is 42.4 Å². The zero-order valence-electron chi connectivity index (χ0n) is 11.8. The lowest BCUT2D eigenvalue weighted by atomic mass is 9.99. The van der Waals surface area contributed by atoms with Crippen LogP contribution in [0.2, 0.25) is 0 Å². The van der Waals surface area contributed by atoms with Crippen LogP contribution in [0.25, 0.3) is 0 Å². The summed E-state index contributed by atoms with van der Waals surface area (Å²) < 4.78 is 6.77. The van der Waals surface area contributed by atoms with Crippen molar-refractivity contribution in [1.29, 1.82) is 0 Å². The minimum Gasteiger partial charge on any atom is -0.493 e. The summed E-state index contributed by atoms with van der Waals surface area (Å²) in [6.07, 6.45) is 6.40. The van der Waals surface area contributed by atoms with Gasteiger partial charge < -0.3 is 9.84 Å². The number of hydrogen-bond donors (Lipinski definition) is 1. The summed E-state index contributed by atoms with van der Waals surface area (Å²) in [4.78, 5) is 4.01. The van der Waals surface area contributed by atoms with Gasteiger partial charge in [0, 0.05) is 29.7 Å². The number of benzene rings is 1. The minimum absolute atomic E-state index is 0.360. The first-order chi connectivity index (χ1) is 10.2. The van der Waals surface area contributed by atoms with Gasteiger partial charge in [-0.3, -0.25) is 4.98 Å². The van der Waals surface area contributed by atoms with Gasteiger partial charge in [-0.2, -0.15) is 0 Å². The second kappa shape index (κ2) is 6.58. The molecule has 1 aromatic heterocycles. The minimum atomic E-state index is -0.360. The number of fused-ring (bicyclic) bond motifs is 1. The number of aliphatic hydroxyl groups is 1. The number of halogens is 1. The normalized spacial score (nSPS) is 14.6. The first-order valence-corrected chi connectivity index (χ1v) is 8.03. The summed E-state index contributed by atoms with van der Waals surface area (Å²) in [6.45, 7) is 0.742. The predicted octanol–water partition coefficient (Wildman–Crippen LogP) is 3.32. The molecule has 110 valence electrons. The Morgan fingerprint density at radius 1 is 1.29 bits per heavy atom. The fourth-order valence-corrected chi connectivity index (χ4v) is 3.29. The van der Waals surface area contributed by atoms with Gasteiger partial charge in [-0.15, -0.1) is 0 Å². The number of hydrogen-bond acceptors (Lipinski definition) is 3. The third-order valence-electron chi connectivity index (χ3n) is 3.80. The third-order valence-corrected chi connectivity index (χ3v) is 4.25. The molecule has 0 saturated heterocycles. The number of pyridine rings is 1. The molecular formula is C17H18BrNO2. The van der Waals surface area contributed by atoms with E-state index in [-0.39, 0.29) is 6.10 Å².